The van der Waals surface area contributed by atoms with Crippen LogP contribution in [0.2, 0.25) is 0 Å². The highest BCUT2D eigenvalue weighted by Gasteiger charge is 2.43. The van der Waals surface area contributed by atoms with Gasteiger partial charge in [0, 0.05) is 11.6 Å². The Morgan fingerprint density at radius 2 is 1.71 bits per heavy atom. The number of halogens is 6. The maximum atomic E-state index is 14.6. The third-order valence-corrected chi connectivity index (χ3v) is 6.05. The Balaban J connectivity index is 1.93. The molecule has 0 aliphatic carbocycles. The number of benzene rings is 2. The second-order valence-electron chi connectivity index (χ2n) is 8.26. The molecule has 0 amide bonds. The molecule has 0 fully saturated rings. The summed E-state index contributed by atoms with van der Waals surface area (Å²) in [5, 5.41) is 15.2. The molecule has 9 nitrogen and oxygen atoms in total. The third-order valence-electron chi connectivity index (χ3n) is 5.51. The van der Waals surface area contributed by atoms with Crippen molar-refractivity contribution in [3.05, 3.63) is 76.5 Å². The van der Waals surface area contributed by atoms with Gasteiger partial charge >= 0.3 is 18.0 Å². The van der Waals surface area contributed by atoms with E-state index in [2.05, 4.69) is 14.0 Å². The SMILES string of the molecule is C[C@@H](n1ncn(-c2ccc(OCC(F)(F)C(F)F)cc2)c1=O)[C@](O)(COS(C)(=O)=O)c1ccc(F)cc1F. The maximum Gasteiger partial charge on any atom is 0.350 e. The number of nitrogens with zero attached hydrogens (tertiary/aromatic N) is 3. The molecule has 0 saturated carbocycles. The largest absolute Gasteiger partial charge is 0.487 e. The Morgan fingerprint density at radius 3 is 2.26 bits per heavy atom. The number of alkyl halides is 4. The van der Waals surface area contributed by atoms with Crippen molar-refractivity contribution in [2.75, 3.05) is 19.5 Å². The van der Waals surface area contributed by atoms with Crippen LogP contribution in [0.3, 0.4) is 0 Å². The molecule has 0 saturated heterocycles. The number of ether oxygens (including phenoxy) is 1. The van der Waals surface area contributed by atoms with Crippen LogP contribution in [0.25, 0.3) is 5.69 Å². The molecular weight excluding hydrogens is 548 g/mol. The number of aromatic nitrogens is 3. The molecule has 3 rings (SSSR count). The van der Waals surface area contributed by atoms with E-state index in [1.807, 2.05) is 0 Å². The first-order valence-corrected chi connectivity index (χ1v) is 12.4. The molecule has 0 aliphatic heterocycles. The molecule has 208 valence electrons. The van der Waals surface area contributed by atoms with E-state index in [1.54, 1.807) is 0 Å². The minimum atomic E-state index is -4.37. The summed E-state index contributed by atoms with van der Waals surface area (Å²) in [4.78, 5) is 13.1. The van der Waals surface area contributed by atoms with E-state index in [1.165, 1.54) is 19.1 Å². The van der Waals surface area contributed by atoms with Gasteiger partial charge in [-0.05, 0) is 37.3 Å². The lowest BCUT2D eigenvalue weighted by atomic mass is 9.87. The number of hydrogen-bond donors (Lipinski definition) is 1. The first-order valence-electron chi connectivity index (χ1n) is 10.6. The first kappa shape index (κ1) is 29.2. The van der Waals surface area contributed by atoms with Crippen LogP contribution in [0.5, 0.6) is 5.75 Å². The van der Waals surface area contributed by atoms with Crippen molar-refractivity contribution in [2.45, 2.75) is 30.9 Å². The van der Waals surface area contributed by atoms with Crippen molar-refractivity contribution in [3.8, 4) is 11.4 Å². The zero-order valence-electron chi connectivity index (χ0n) is 19.7. The van der Waals surface area contributed by atoms with Gasteiger partial charge in [0.25, 0.3) is 10.1 Å². The van der Waals surface area contributed by atoms with Crippen molar-refractivity contribution in [3.63, 3.8) is 0 Å². The fourth-order valence-electron chi connectivity index (χ4n) is 3.37. The van der Waals surface area contributed by atoms with Crippen LogP contribution in [0.1, 0.15) is 18.5 Å². The van der Waals surface area contributed by atoms with Gasteiger partial charge < -0.3 is 9.84 Å². The summed E-state index contributed by atoms with van der Waals surface area (Å²) < 4.78 is 113. The minimum absolute atomic E-state index is 0.116. The molecule has 0 aliphatic rings. The van der Waals surface area contributed by atoms with E-state index in [0.717, 1.165) is 35.2 Å². The standard InChI is InChI=1S/C22H21F6N3O6S/c1-13(21(33,10-37-38(2,34)35)17-8-3-14(23)9-18(17)24)31-20(32)30(12-29-31)15-4-6-16(7-5-15)36-11-22(27,28)19(25)26/h3-9,12-13,19,33H,10-11H2,1-2H3/t13-,21-/m1/s1. The highest BCUT2D eigenvalue weighted by Crippen LogP contribution is 2.35. The van der Waals surface area contributed by atoms with Gasteiger partial charge in [0.1, 0.15) is 35.9 Å². The van der Waals surface area contributed by atoms with Gasteiger partial charge in [-0.25, -0.2) is 31.6 Å². The smallest absolute Gasteiger partial charge is 0.350 e. The van der Waals surface area contributed by atoms with Crippen molar-refractivity contribution < 1.29 is 48.8 Å². The third kappa shape index (κ3) is 6.36. The van der Waals surface area contributed by atoms with Gasteiger partial charge in [-0.15, -0.1) is 0 Å². The lowest BCUT2D eigenvalue weighted by Gasteiger charge is -2.33. The van der Waals surface area contributed by atoms with Crippen molar-refractivity contribution in [1.82, 2.24) is 14.3 Å². The zero-order valence-corrected chi connectivity index (χ0v) is 20.5. The normalized spacial score (nSPS) is 14.9. The lowest BCUT2D eigenvalue weighted by molar-refractivity contribution is -0.148. The summed E-state index contributed by atoms with van der Waals surface area (Å²) in [7, 11) is -4.14. The predicted molar refractivity (Wildman–Crippen MR) is 120 cm³/mol. The van der Waals surface area contributed by atoms with Crippen molar-refractivity contribution in [1.29, 1.82) is 0 Å². The van der Waals surface area contributed by atoms with Crippen LogP contribution < -0.4 is 10.4 Å². The van der Waals surface area contributed by atoms with Crippen LogP contribution in [-0.2, 0) is 19.9 Å². The molecule has 3 aromatic rings. The average molecular weight is 569 g/mol. The predicted octanol–water partition coefficient (Wildman–Crippen LogP) is 3.02. The van der Waals surface area contributed by atoms with Crippen molar-refractivity contribution in [2.24, 2.45) is 0 Å². The molecule has 16 heteroatoms. The quantitative estimate of drug-likeness (QED) is 0.279. The summed E-state index contributed by atoms with van der Waals surface area (Å²) in [6, 6.07) is 5.39. The molecule has 1 heterocycles. The second kappa shape index (κ2) is 10.8. The Labute approximate surface area is 212 Å². The molecule has 1 aromatic heterocycles. The minimum Gasteiger partial charge on any atom is -0.487 e. The van der Waals surface area contributed by atoms with Crippen LogP contribution in [-0.4, -0.2) is 59.7 Å². The van der Waals surface area contributed by atoms with Crippen molar-refractivity contribution >= 4 is 10.1 Å². The molecule has 2 atom stereocenters. The summed E-state index contributed by atoms with van der Waals surface area (Å²) in [5.41, 5.74) is -3.89. The molecule has 0 unspecified atom stereocenters. The monoisotopic (exact) mass is 569 g/mol. The lowest BCUT2D eigenvalue weighted by Crippen LogP contribution is -2.44. The van der Waals surface area contributed by atoms with Crippen LogP contribution >= 0.6 is 0 Å². The highest BCUT2D eigenvalue weighted by atomic mass is 32.2. The van der Waals surface area contributed by atoms with E-state index in [9.17, 15) is 44.7 Å². The molecule has 2 aromatic carbocycles. The summed E-state index contributed by atoms with van der Waals surface area (Å²) in [6.07, 6.45) is -2.24. The number of aliphatic hydroxyl groups is 1. The van der Waals surface area contributed by atoms with Gasteiger partial charge in [-0.1, -0.05) is 6.07 Å². The fourth-order valence-corrected chi connectivity index (χ4v) is 3.76. The molecule has 38 heavy (non-hydrogen) atoms. The average Bonchev–Trinajstić information content (AvgIpc) is 3.21. The van der Waals surface area contributed by atoms with Gasteiger partial charge in [-0.3, -0.25) is 4.18 Å². The summed E-state index contributed by atoms with van der Waals surface area (Å²) in [5.74, 6) is -6.77. The van der Waals surface area contributed by atoms with E-state index in [4.69, 9.17) is 0 Å². The second-order valence-corrected chi connectivity index (χ2v) is 9.91. The van der Waals surface area contributed by atoms with E-state index < -0.39 is 70.2 Å². The molecule has 0 radical (unpaired) electrons. The van der Waals surface area contributed by atoms with E-state index in [-0.39, 0.29) is 11.4 Å². The zero-order chi connectivity index (χ0) is 28.5. The Morgan fingerprint density at radius 1 is 1.08 bits per heavy atom. The maximum absolute atomic E-state index is 14.6. The van der Waals surface area contributed by atoms with Gasteiger partial charge in [0.2, 0.25) is 0 Å². The number of rotatable bonds is 11. The van der Waals surface area contributed by atoms with Gasteiger partial charge in [0.05, 0.1) is 18.0 Å². The first-order chi connectivity index (χ1) is 17.5. The molecule has 0 spiro atoms. The number of hydrogen-bond acceptors (Lipinski definition) is 7. The van der Waals surface area contributed by atoms with E-state index in [0.29, 0.717) is 17.0 Å². The summed E-state index contributed by atoms with van der Waals surface area (Å²) in [6.45, 7) is -1.41. The molecule has 0 bridgehead atoms. The fraction of sp³-hybridized carbons (Fsp3) is 0.364. The topological polar surface area (TPSA) is 113 Å². The Bertz CT molecular complexity index is 1440. The van der Waals surface area contributed by atoms with Gasteiger partial charge in [0.15, 0.2) is 6.61 Å². The van der Waals surface area contributed by atoms with Gasteiger partial charge in [-0.2, -0.15) is 22.3 Å². The molecular formula is C22H21F6N3O6S. The van der Waals surface area contributed by atoms with E-state index >= 15 is 0 Å². The summed E-state index contributed by atoms with van der Waals surface area (Å²) >= 11 is 0. The van der Waals surface area contributed by atoms with Crippen LogP contribution in [0, 0.1) is 11.6 Å². The Hall–Kier alpha value is -3.37. The highest BCUT2D eigenvalue weighted by molar-refractivity contribution is 7.85. The molecule has 1 N–H and O–H groups in total. The van der Waals surface area contributed by atoms with Crippen LogP contribution in [0.4, 0.5) is 26.3 Å². The Kier molecular flexibility index (Phi) is 8.28. The van der Waals surface area contributed by atoms with Crippen LogP contribution in [0.15, 0.2) is 53.6 Å².